The second-order valence-corrected chi connectivity index (χ2v) is 9.47. The summed E-state index contributed by atoms with van der Waals surface area (Å²) in [6.45, 7) is 14.7. The van der Waals surface area contributed by atoms with E-state index in [1.165, 1.54) is 51.0 Å². The van der Waals surface area contributed by atoms with Crippen LogP contribution in [0.1, 0.15) is 62.4 Å². The quantitative estimate of drug-likeness (QED) is 0.720. The van der Waals surface area contributed by atoms with Crippen LogP contribution in [0.4, 0.5) is 0 Å². The molecular weight excluding hydrogens is 346 g/mol. The van der Waals surface area contributed by atoms with Crippen LogP contribution < -0.4 is 5.32 Å². The molecule has 2 heterocycles. The number of nitrogens with zero attached hydrogens (tertiary/aromatic N) is 2. The Morgan fingerprint density at radius 3 is 2.25 bits per heavy atom. The van der Waals surface area contributed by atoms with Gasteiger partial charge in [-0.1, -0.05) is 32.9 Å². The van der Waals surface area contributed by atoms with Gasteiger partial charge in [0, 0.05) is 31.7 Å². The molecule has 1 amide bonds. The van der Waals surface area contributed by atoms with Crippen LogP contribution in [0.25, 0.3) is 0 Å². The molecule has 0 unspecified atom stereocenters. The van der Waals surface area contributed by atoms with E-state index in [2.05, 4.69) is 48.0 Å². The van der Waals surface area contributed by atoms with Crippen molar-refractivity contribution >= 4 is 5.91 Å². The van der Waals surface area contributed by atoms with Gasteiger partial charge in [-0.05, 0) is 80.8 Å². The number of benzene rings is 1. The summed E-state index contributed by atoms with van der Waals surface area (Å²) in [6.07, 6.45) is 4.97. The SMILES string of the molecule is CC1CCN(Cc2ccc(C(=O)NCCCN3C[C@@H](C)C[C@H](C)C3)cc2)CC1. The predicted octanol–water partition coefficient (Wildman–Crippen LogP) is 4.02. The average molecular weight is 386 g/mol. The second-order valence-electron chi connectivity index (χ2n) is 9.47. The fraction of sp³-hybridized carbons (Fsp3) is 0.708. The summed E-state index contributed by atoms with van der Waals surface area (Å²) in [4.78, 5) is 17.5. The lowest BCUT2D eigenvalue weighted by molar-refractivity contribution is 0.0947. The Kier molecular flexibility index (Phi) is 7.92. The van der Waals surface area contributed by atoms with Crippen molar-refractivity contribution in [3.8, 4) is 0 Å². The summed E-state index contributed by atoms with van der Waals surface area (Å²) in [7, 11) is 0. The van der Waals surface area contributed by atoms with Crippen molar-refractivity contribution in [2.24, 2.45) is 17.8 Å². The molecule has 4 heteroatoms. The van der Waals surface area contributed by atoms with Gasteiger partial charge in [0.25, 0.3) is 5.91 Å². The lowest BCUT2D eigenvalue weighted by Crippen LogP contribution is -2.40. The summed E-state index contributed by atoms with van der Waals surface area (Å²) >= 11 is 0. The van der Waals surface area contributed by atoms with Crippen molar-refractivity contribution in [3.63, 3.8) is 0 Å². The van der Waals surface area contributed by atoms with Crippen LogP contribution in [0.15, 0.2) is 24.3 Å². The third-order valence-electron chi connectivity index (χ3n) is 6.38. The van der Waals surface area contributed by atoms with Gasteiger partial charge in [0.2, 0.25) is 0 Å². The third-order valence-corrected chi connectivity index (χ3v) is 6.38. The first-order valence-electron chi connectivity index (χ1n) is 11.3. The van der Waals surface area contributed by atoms with Crippen LogP contribution in [0.2, 0.25) is 0 Å². The lowest BCUT2D eigenvalue weighted by atomic mass is 9.92. The van der Waals surface area contributed by atoms with E-state index in [1.54, 1.807) is 0 Å². The number of piperidine rings is 2. The maximum atomic E-state index is 12.4. The smallest absolute Gasteiger partial charge is 0.251 e. The zero-order chi connectivity index (χ0) is 19.9. The highest BCUT2D eigenvalue weighted by molar-refractivity contribution is 5.94. The molecule has 0 aromatic heterocycles. The fourth-order valence-electron chi connectivity index (χ4n) is 4.82. The lowest BCUT2D eigenvalue weighted by Gasteiger charge is -2.34. The predicted molar refractivity (Wildman–Crippen MR) is 116 cm³/mol. The Bertz CT molecular complexity index is 597. The number of hydrogen-bond donors (Lipinski definition) is 1. The zero-order valence-corrected chi connectivity index (χ0v) is 18.1. The highest BCUT2D eigenvalue weighted by Gasteiger charge is 2.21. The summed E-state index contributed by atoms with van der Waals surface area (Å²) in [6, 6.07) is 8.18. The number of carbonyl (C=O) groups excluding carboxylic acids is 1. The molecule has 2 atom stereocenters. The van der Waals surface area contributed by atoms with Gasteiger partial charge >= 0.3 is 0 Å². The van der Waals surface area contributed by atoms with Gasteiger partial charge in [0.15, 0.2) is 0 Å². The molecule has 1 aromatic carbocycles. The van der Waals surface area contributed by atoms with Crippen LogP contribution in [0, 0.1) is 17.8 Å². The average Bonchev–Trinajstić information content (AvgIpc) is 2.67. The van der Waals surface area contributed by atoms with Gasteiger partial charge in [0.05, 0.1) is 0 Å². The minimum Gasteiger partial charge on any atom is -0.352 e. The number of hydrogen-bond acceptors (Lipinski definition) is 3. The summed E-state index contributed by atoms with van der Waals surface area (Å²) in [5, 5.41) is 3.09. The molecule has 3 rings (SSSR count). The van der Waals surface area contributed by atoms with Gasteiger partial charge < -0.3 is 10.2 Å². The number of rotatable bonds is 7. The summed E-state index contributed by atoms with van der Waals surface area (Å²) < 4.78 is 0. The Morgan fingerprint density at radius 2 is 1.61 bits per heavy atom. The molecule has 0 aliphatic carbocycles. The van der Waals surface area contributed by atoms with Crippen LogP contribution in [0.3, 0.4) is 0 Å². The molecule has 0 saturated carbocycles. The van der Waals surface area contributed by atoms with E-state index in [4.69, 9.17) is 0 Å². The molecule has 0 bridgehead atoms. The van der Waals surface area contributed by atoms with Crippen molar-refractivity contribution < 1.29 is 4.79 Å². The first-order chi connectivity index (χ1) is 13.5. The van der Waals surface area contributed by atoms with E-state index in [-0.39, 0.29) is 5.91 Å². The number of amides is 1. The number of likely N-dealkylation sites (tertiary alicyclic amines) is 2. The molecule has 2 saturated heterocycles. The van der Waals surface area contributed by atoms with Crippen molar-refractivity contribution in [3.05, 3.63) is 35.4 Å². The van der Waals surface area contributed by atoms with Gasteiger partial charge in [-0.15, -0.1) is 0 Å². The second kappa shape index (κ2) is 10.4. The molecule has 28 heavy (non-hydrogen) atoms. The highest BCUT2D eigenvalue weighted by atomic mass is 16.1. The minimum absolute atomic E-state index is 0.0544. The number of nitrogens with one attached hydrogen (secondary N) is 1. The van der Waals surface area contributed by atoms with Crippen LogP contribution in [0.5, 0.6) is 0 Å². The molecule has 156 valence electrons. The normalized spacial score (nSPS) is 25.0. The fourth-order valence-corrected chi connectivity index (χ4v) is 4.82. The topological polar surface area (TPSA) is 35.6 Å². The van der Waals surface area contributed by atoms with E-state index in [1.807, 2.05) is 12.1 Å². The monoisotopic (exact) mass is 385 g/mol. The minimum atomic E-state index is 0.0544. The molecule has 1 aromatic rings. The summed E-state index contributed by atoms with van der Waals surface area (Å²) in [5.74, 6) is 2.51. The van der Waals surface area contributed by atoms with Gasteiger partial charge in [0.1, 0.15) is 0 Å². The summed E-state index contributed by atoms with van der Waals surface area (Å²) in [5.41, 5.74) is 2.08. The maximum absolute atomic E-state index is 12.4. The Labute approximate surface area is 171 Å². The Hall–Kier alpha value is -1.39. The Morgan fingerprint density at radius 1 is 0.964 bits per heavy atom. The van der Waals surface area contributed by atoms with E-state index >= 15 is 0 Å². The van der Waals surface area contributed by atoms with Crippen LogP contribution in [-0.4, -0.2) is 55.0 Å². The molecule has 2 fully saturated rings. The van der Waals surface area contributed by atoms with Crippen LogP contribution >= 0.6 is 0 Å². The van der Waals surface area contributed by atoms with Crippen molar-refractivity contribution in [1.82, 2.24) is 15.1 Å². The highest BCUT2D eigenvalue weighted by Crippen LogP contribution is 2.21. The van der Waals surface area contributed by atoms with E-state index < -0.39 is 0 Å². The van der Waals surface area contributed by atoms with Crippen molar-refractivity contribution in [2.45, 2.75) is 53.0 Å². The first-order valence-corrected chi connectivity index (χ1v) is 11.3. The molecule has 4 nitrogen and oxygen atoms in total. The van der Waals surface area contributed by atoms with Crippen LogP contribution in [-0.2, 0) is 6.54 Å². The van der Waals surface area contributed by atoms with Crippen molar-refractivity contribution in [2.75, 3.05) is 39.3 Å². The molecule has 0 spiro atoms. The Balaban J connectivity index is 1.36. The van der Waals surface area contributed by atoms with Gasteiger partial charge in [-0.25, -0.2) is 0 Å². The number of carbonyl (C=O) groups is 1. The van der Waals surface area contributed by atoms with E-state index in [9.17, 15) is 4.79 Å². The zero-order valence-electron chi connectivity index (χ0n) is 18.1. The molecule has 1 N–H and O–H groups in total. The molecule has 2 aliphatic heterocycles. The molecule has 0 radical (unpaired) electrons. The largest absolute Gasteiger partial charge is 0.352 e. The third kappa shape index (κ3) is 6.59. The van der Waals surface area contributed by atoms with Crippen molar-refractivity contribution in [1.29, 1.82) is 0 Å². The maximum Gasteiger partial charge on any atom is 0.251 e. The molecule has 2 aliphatic rings. The first kappa shape index (κ1) is 21.3. The van der Waals surface area contributed by atoms with Gasteiger partial charge in [-0.3, -0.25) is 9.69 Å². The van der Waals surface area contributed by atoms with E-state index in [0.717, 1.165) is 49.4 Å². The standard InChI is InChI=1S/C24H39N3O/c1-19-9-13-26(14-10-19)18-22-5-7-23(8-6-22)24(28)25-11-4-12-27-16-20(2)15-21(3)17-27/h5-8,19-21H,4,9-18H2,1-3H3,(H,25,28)/t20-,21-/m0/s1. The van der Waals surface area contributed by atoms with E-state index in [0.29, 0.717) is 0 Å². The molecular formula is C24H39N3O. The van der Waals surface area contributed by atoms with Gasteiger partial charge in [-0.2, -0.15) is 0 Å².